The Bertz CT molecular complexity index is 849. The van der Waals surface area contributed by atoms with E-state index < -0.39 is 0 Å². The minimum absolute atomic E-state index is 0.0938. The van der Waals surface area contributed by atoms with Gasteiger partial charge in [-0.1, -0.05) is 25.6 Å². The molecule has 0 aliphatic heterocycles. The van der Waals surface area contributed by atoms with Crippen LogP contribution in [0.3, 0.4) is 0 Å². The highest BCUT2D eigenvalue weighted by Gasteiger charge is 2.13. The molecule has 0 saturated heterocycles. The van der Waals surface area contributed by atoms with Gasteiger partial charge in [0.25, 0.3) is 0 Å². The van der Waals surface area contributed by atoms with E-state index in [1.807, 2.05) is 29.1 Å². The molecule has 132 valence electrons. The summed E-state index contributed by atoms with van der Waals surface area (Å²) in [6.07, 6.45) is 3.05. The Hall–Kier alpha value is -2.35. The fourth-order valence-electron chi connectivity index (χ4n) is 2.20. The van der Waals surface area contributed by atoms with Crippen molar-refractivity contribution in [1.29, 1.82) is 0 Å². The Balaban J connectivity index is 1.69. The van der Waals surface area contributed by atoms with Crippen LogP contribution in [0, 0.1) is 5.92 Å². The standard InChI is InChI=1S/C17H21N5O2S/c1-11(2)6-8-22-9-7-13(21-22)14-4-5-15(24-14)16-18-17(20-19-16)25-10-12(3)23/h4-5,7,9,11H,6,8,10H2,1-3H3,(H,18,19,20). The number of aromatic amines is 1. The maximum absolute atomic E-state index is 11.0. The SMILES string of the molecule is CC(=O)CSc1nnc(-c2ccc(-c3ccn(CCC(C)C)n3)o2)[nH]1. The zero-order valence-electron chi connectivity index (χ0n) is 14.5. The summed E-state index contributed by atoms with van der Waals surface area (Å²) in [6.45, 7) is 6.83. The first-order valence-electron chi connectivity index (χ1n) is 8.20. The zero-order chi connectivity index (χ0) is 17.8. The Kier molecular flexibility index (Phi) is 5.37. The molecule has 0 fully saturated rings. The van der Waals surface area contributed by atoms with E-state index in [0.29, 0.717) is 34.2 Å². The Morgan fingerprint density at radius 3 is 2.84 bits per heavy atom. The summed E-state index contributed by atoms with van der Waals surface area (Å²) in [7, 11) is 0. The highest BCUT2D eigenvalue weighted by molar-refractivity contribution is 7.99. The second kappa shape index (κ2) is 7.69. The molecular formula is C17H21N5O2S. The minimum Gasteiger partial charge on any atom is -0.451 e. The number of nitrogens with zero attached hydrogens (tertiary/aromatic N) is 4. The van der Waals surface area contributed by atoms with Crippen LogP contribution >= 0.6 is 11.8 Å². The molecule has 0 aliphatic rings. The molecule has 3 aromatic heterocycles. The van der Waals surface area contributed by atoms with Crippen LogP contribution in [-0.4, -0.2) is 36.5 Å². The van der Waals surface area contributed by atoms with Crippen LogP contribution in [0.1, 0.15) is 27.2 Å². The Morgan fingerprint density at radius 1 is 1.28 bits per heavy atom. The minimum atomic E-state index is 0.0938. The topological polar surface area (TPSA) is 89.6 Å². The van der Waals surface area contributed by atoms with Gasteiger partial charge in [-0.3, -0.25) is 9.48 Å². The average molecular weight is 359 g/mol. The molecule has 0 bridgehead atoms. The van der Waals surface area contributed by atoms with Crippen molar-refractivity contribution in [2.45, 2.75) is 38.9 Å². The molecule has 0 spiro atoms. The van der Waals surface area contributed by atoms with E-state index in [1.165, 1.54) is 11.8 Å². The normalized spacial score (nSPS) is 11.4. The number of H-pyrrole nitrogens is 1. The van der Waals surface area contributed by atoms with Gasteiger partial charge < -0.3 is 9.40 Å². The average Bonchev–Trinajstić information content (AvgIpc) is 3.29. The van der Waals surface area contributed by atoms with Gasteiger partial charge in [0.15, 0.2) is 22.5 Å². The van der Waals surface area contributed by atoms with Crippen LogP contribution in [0.5, 0.6) is 0 Å². The third kappa shape index (κ3) is 4.60. The maximum Gasteiger partial charge on any atom is 0.197 e. The third-order valence-electron chi connectivity index (χ3n) is 3.55. The predicted octanol–water partition coefficient (Wildman–Crippen LogP) is 3.66. The van der Waals surface area contributed by atoms with Gasteiger partial charge in [-0.15, -0.1) is 10.2 Å². The smallest absolute Gasteiger partial charge is 0.197 e. The lowest BCUT2D eigenvalue weighted by Gasteiger charge is -2.03. The molecule has 0 saturated carbocycles. The van der Waals surface area contributed by atoms with Gasteiger partial charge in [0, 0.05) is 12.7 Å². The summed E-state index contributed by atoms with van der Waals surface area (Å²) in [5, 5.41) is 13.2. The number of Topliss-reactive ketones (excluding diaryl/α,β-unsaturated/α-hetero) is 1. The lowest BCUT2D eigenvalue weighted by Crippen LogP contribution is -2.01. The highest BCUT2D eigenvalue weighted by Crippen LogP contribution is 2.26. The molecule has 0 aliphatic carbocycles. The Morgan fingerprint density at radius 2 is 2.08 bits per heavy atom. The van der Waals surface area contributed by atoms with Crippen LogP contribution in [0.2, 0.25) is 0 Å². The van der Waals surface area contributed by atoms with Crippen LogP contribution < -0.4 is 0 Å². The fraction of sp³-hybridized carbons (Fsp3) is 0.412. The van der Waals surface area contributed by atoms with Crippen molar-refractivity contribution in [3.05, 3.63) is 24.4 Å². The lowest BCUT2D eigenvalue weighted by atomic mass is 10.1. The molecule has 0 radical (unpaired) electrons. The van der Waals surface area contributed by atoms with Crippen LogP contribution in [0.4, 0.5) is 0 Å². The van der Waals surface area contributed by atoms with Crippen molar-refractivity contribution in [3.8, 4) is 23.0 Å². The Labute approximate surface area is 150 Å². The fourth-order valence-corrected chi connectivity index (χ4v) is 2.81. The predicted molar refractivity (Wildman–Crippen MR) is 96.2 cm³/mol. The molecule has 3 heterocycles. The van der Waals surface area contributed by atoms with Crippen molar-refractivity contribution in [3.63, 3.8) is 0 Å². The molecular weight excluding hydrogens is 338 g/mol. The van der Waals surface area contributed by atoms with Crippen LogP contribution in [0.15, 0.2) is 34.0 Å². The summed E-state index contributed by atoms with van der Waals surface area (Å²) < 4.78 is 7.78. The molecule has 1 N–H and O–H groups in total. The lowest BCUT2D eigenvalue weighted by molar-refractivity contribution is -0.114. The number of aryl methyl sites for hydroxylation is 1. The number of hydrogen-bond donors (Lipinski definition) is 1. The van der Waals surface area contributed by atoms with Crippen LogP contribution in [0.25, 0.3) is 23.0 Å². The number of carbonyl (C=O) groups is 1. The first-order valence-corrected chi connectivity index (χ1v) is 9.19. The van der Waals surface area contributed by atoms with Gasteiger partial charge in [0.1, 0.15) is 11.5 Å². The van der Waals surface area contributed by atoms with Crippen molar-refractivity contribution in [2.75, 3.05) is 5.75 Å². The van der Waals surface area contributed by atoms with Gasteiger partial charge in [0.05, 0.1) is 5.75 Å². The summed E-state index contributed by atoms with van der Waals surface area (Å²) in [5.74, 6) is 2.92. The van der Waals surface area contributed by atoms with Crippen LogP contribution in [-0.2, 0) is 11.3 Å². The first-order chi connectivity index (χ1) is 12.0. The first kappa shape index (κ1) is 17.5. The summed E-state index contributed by atoms with van der Waals surface area (Å²) in [5.41, 5.74) is 0.792. The van der Waals surface area contributed by atoms with Gasteiger partial charge in [-0.2, -0.15) is 5.10 Å². The highest BCUT2D eigenvalue weighted by atomic mass is 32.2. The largest absolute Gasteiger partial charge is 0.451 e. The molecule has 25 heavy (non-hydrogen) atoms. The molecule has 0 atom stereocenters. The quantitative estimate of drug-likeness (QED) is 0.617. The summed E-state index contributed by atoms with van der Waals surface area (Å²) >= 11 is 1.32. The number of aromatic nitrogens is 5. The second-order valence-corrected chi connectivity index (χ2v) is 7.24. The number of nitrogens with one attached hydrogen (secondary N) is 1. The van der Waals surface area contributed by atoms with Crippen molar-refractivity contribution < 1.29 is 9.21 Å². The molecule has 8 heteroatoms. The molecule has 0 amide bonds. The van der Waals surface area contributed by atoms with E-state index >= 15 is 0 Å². The van der Waals surface area contributed by atoms with Crippen molar-refractivity contribution in [2.24, 2.45) is 5.92 Å². The van der Waals surface area contributed by atoms with Gasteiger partial charge in [-0.25, -0.2) is 0 Å². The molecule has 3 aromatic rings. The van der Waals surface area contributed by atoms with E-state index in [1.54, 1.807) is 6.92 Å². The van der Waals surface area contributed by atoms with E-state index in [2.05, 4.69) is 34.1 Å². The van der Waals surface area contributed by atoms with E-state index in [4.69, 9.17) is 4.42 Å². The van der Waals surface area contributed by atoms with E-state index in [0.717, 1.165) is 18.7 Å². The van der Waals surface area contributed by atoms with Crippen molar-refractivity contribution in [1.82, 2.24) is 25.0 Å². The zero-order valence-corrected chi connectivity index (χ0v) is 15.3. The van der Waals surface area contributed by atoms with E-state index in [-0.39, 0.29) is 5.78 Å². The number of ketones is 1. The van der Waals surface area contributed by atoms with Gasteiger partial charge >= 0.3 is 0 Å². The number of hydrogen-bond acceptors (Lipinski definition) is 6. The molecule has 0 aromatic carbocycles. The second-order valence-electron chi connectivity index (χ2n) is 6.28. The number of carbonyl (C=O) groups excluding carboxylic acids is 1. The monoisotopic (exact) mass is 359 g/mol. The van der Waals surface area contributed by atoms with E-state index in [9.17, 15) is 4.79 Å². The number of furan rings is 1. The molecule has 0 unspecified atom stereocenters. The number of thioether (sulfide) groups is 1. The van der Waals surface area contributed by atoms with Crippen molar-refractivity contribution >= 4 is 17.5 Å². The van der Waals surface area contributed by atoms with Gasteiger partial charge in [-0.05, 0) is 37.5 Å². The molecule has 7 nitrogen and oxygen atoms in total. The maximum atomic E-state index is 11.0. The van der Waals surface area contributed by atoms with Gasteiger partial charge in [0.2, 0.25) is 0 Å². The summed E-state index contributed by atoms with van der Waals surface area (Å²) in [4.78, 5) is 14.1. The number of rotatable bonds is 8. The summed E-state index contributed by atoms with van der Waals surface area (Å²) in [6, 6.07) is 5.65. The molecule has 3 rings (SSSR count). The third-order valence-corrected chi connectivity index (χ3v) is 4.55.